The van der Waals surface area contributed by atoms with E-state index < -0.39 is 0 Å². The summed E-state index contributed by atoms with van der Waals surface area (Å²) in [5.74, 6) is 0.596. The van der Waals surface area contributed by atoms with Crippen LogP contribution in [0.3, 0.4) is 0 Å². The summed E-state index contributed by atoms with van der Waals surface area (Å²) in [5.41, 5.74) is 7.88. The number of nitrogen functional groups attached to an aromatic ring is 1. The number of halogens is 2. The Balaban J connectivity index is 2.15. The van der Waals surface area contributed by atoms with Crippen molar-refractivity contribution in [2.24, 2.45) is 0 Å². The molecule has 2 N–H and O–H groups in total. The highest BCUT2D eigenvalue weighted by Crippen LogP contribution is 2.28. The normalized spacial score (nSPS) is 10.7. The van der Waals surface area contributed by atoms with Crippen molar-refractivity contribution in [2.75, 3.05) is 5.73 Å². The number of rotatable bonds is 2. The number of anilines is 1. The zero-order valence-corrected chi connectivity index (χ0v) is 12.5. The second kappa shape index (κ2) is 5.22. The molecule has 100 valence electrons. The Bertz CT molecular complexity index is 771. The lowest BCUT2D eigenvalue weighted by Crippen LogP contribution is -2.01. The molecule has 7 heteroatoms. The molecule has 0 bridgehead atoms. The number of hydrogen-bond acceptors (Lipinski definition) is 4. The van der Waals surface area contributed by atoms with Gasteiger partial charge in [0.15, 0.2) is 5.82 Å². The van der Waals surface area contributed by atoms with Gasteiger partial charge in [0, 0.05) is 10.0 Å². The van der Waals surface area contributed by atoms with Crippen molar-refractivity contribution in [3.8, 4) is 17.1 Å². The molecule has 0 spiro atoms. The van der Waals surface area contributed by atoms with Crippen molar-refractivity contribution in [1.29, 1.82) is 0 Å². The Hall–Kier alpha value is -1.92. The molecular weight excluding hydrogens is 342 g/mol. The van der Waals surface area contributed by atoms with E-state index in [1.165, 1.54) is 0 Å². The van der Waals surface area contributed by atoms with Crippen molar-refractivity contribution in [2.45, 2.75) is 0 Å². The van der Waals surface area contributed by atoms with Crippen molar-refractivity contribution < 1.29 is 0 Å². The van der Waals surface area contributed by atoms with E-state index in [0.717, 1.165) is 15.7 Å². The molecular formula is C13H9BrClN5. The number of nitrogens with zero attached hydrogens (tertiary/aromatic N) is 4. The molecule has 0 saturated carbocycles. The lowest BCUT2D eigenvalue weighted by atomic mass is 10.2. The third-order valence-corrected chi connectivity index (χ3v) is 3.81. The maximum absolute atomic E-state index is 6.05. The number of benzene rings is 2. The fourth-order valence-electron chi connectivity index (χ4n) is 1.82. The van der Waals surface area contributed by atoms with Crippen molar-refractivity contribution in [3.05, 3.63) is 52.0 Å². The summed E-state index contributed by atoms with van der Waals surface area (Å²) in [6, 6.07) is 13.0. The monoisotopic (exact) mass is 349 g/mol. The Kier molecular flexibility index (Phi) is 3.42. The molecule has 3 aromatic rings. The minimum atomic E-state index is 0.476. The largest absolute Gasteiger partial charge is 0.398 e. The van der Waals surface area contributed by atoms with Crippen LogP contribution in [0.15, 0.2) is 46.9 Å². The highest BCUT2D eigenvalue weighted by Gasteiger charge is 2.13. The Morgan fingerprint density at radius 1 is 1.15 bits per heavy atom. The van der Waals surface area contributed by atoms with Gasteiger partial charge in [-0.3, -0.25) is 0 Å². The number of tetrazole rings is 1. The van der Waals surface area contributed by atoms with Gasteiger partial charge in [0.05, 0.1) is 16.4 Å². The van der Waals surface area contributed by atoms with Gasteiger partial charge in [0.2, 0.25) is 0 Å². The van der Waals surface area contributed by atoms with Gasteiger partial charge in [0.1, 0.15) is 0 Å². The van der Waals surface area contributed by atoms with Crippen LogP contribution in [0.1, 0.15) is 0 Å². The molecule has 1 heterocycles. The standard InChI is InChI=1S/C13H9BrClN5/c14-9-3-1-2-4-12(9)20-13(17-18-19-20)8-5-6-11(16)10(15)7-8/h1-7H,16H2. The second-order valence-corrected chi connectivity index (χ2v) is 5.36. The Morgan fingerprint density at radius 2 is 1.95 bits per heavy atom. The number of para-hydroxylation sites is 1. The van der Waals surface area contributed by atoms with Crippen LogP contribution in [0.4, 0.5) is 5.69 Å². The first-order chi connectivity index (χ1) is 9.66. The number of hydrogen-bond donors (Lipinski definition) is 1. The van der Waals surface area contributed by atoms with Crippen LogP contribution in [0.25, 0.3) is 17.1 Å². The van der Waals surface area contributed by atoms with Crippen LogP contribution in [-0.2, 0) is 0 Å². The molecule has 2 aromatic carbocycles. The summed E-state index contributed by atoms with van der Waals surface area (Å²) in [4.78, 5) is 0. The molecule has 0 atom stereocenters. The quantitative estimate of drug-likeness (QED) is 0.720. The second-order valence-electron chi connectivity index (χ2n) is 4.10. The minimum Gasteiger partial charge on any atom is -0.398 e. The van der Waals surface area contributed by atoms with E-state index in [1.807, 2.05) is 30.3 Å². The lowest BCUT2D eigenvalue weighted by Gasteiger charge is -2.07. The first-order valence-electron chi connectivity index (χ1n) is 5.75. The van der Waals surface area contributed by atoms with Gasteiger partial charge in [-0.25, -0.2) is 0 Å². The highest BCUT2D eigenvalue weighted by atomic mass is 79.9. The van der Waals surface area contributed by atoms with Crippen LogP contribution in [0.2, 0.25) is 5.02 Å². The van der Waals surface area contributed by atoms with E-state index >= 15 is 0 Å². The fraction of sp³-hybridized carbons (Fsp3) is 0. The van der Waals surface area contributed by atoms with Gasteiger partial charge in [-0.1, -0.05) is 23.7 Å². The third-order valence-electron chi connectivity index (χ3n) is 2.81. The van der Waals surface area contributed by atoms with E-state index in [-0.39, 0.29) is 0 Å². The smallest absolute Gasteiger partial charge is 0.187 e. The minimum absolute atomic E-state index is 0.476. The molecule has 0 aliphatic carbocycles. The summed E-state index contributed by atoms with van der Waals surface area (Å²) in [6.07, 6.45) is 0. The molecule has 3 rings (SSSR count). The van der Waals surface area contributed by atoms with Crippen molar-refractivity contribution in [3.63, 3.8) is 0 Å². The molecule has 0 aliphatic rings. The van der Waals surface area contributed by atoms with Crippen LogP contribution in [0.5, 0.6) is 0 Å². The van der Waals surface area contributed by atoms with E-state index in [0.29, 0.717) is 16.5 Å². The van der Waals surface area contributed by atoms with Crippen LogP contribution in [-0.4, -0.2) is 20.2 Å². The molecule has 0 unspecified atom stereocenters. The molecule has 0 fully saturated rings. The van der Waals surface area contributed by atoms with Gasteiger partial charge in [-0.15, -0.1) is 5.10 Å². The van der Waals surface area contributed by atoms with Crippen LogP contribution < -0.4 is 5.73 Å². The molecule has 20 heavy (non-hydrogen) atoms. The van der Waals surface area contributed by atoms with Crippen LogP contribution >= 0.6 is 27.5 Å². The first kappa shape index (κ1) is 13.1. The Labute approximate surface area is 128 Å². The van der Waals surface area contributed by atoms with Gasteiger partial charge in [-0.05, 0) is 56.7 Å². The number of aromatic nitrogens is 4. The predicted molar refractivity (Wildman–Crippen MR) is 81.7 cm³/mol. The average molecular weight is 351 g/mol. The van der Waals surface area contributed by atoms with Gasteiger partial charge >= 0.3 is 0 Å². The van der Waals surface area contributed by atoms with E-state index in [2.05, 4.69) is 31.5 Å². The Morgan fingerprint density at radius 3 is 2.70 bits per heavy atom. The fourth-order valence-corrected chi connectivity index (χ4v) is 2.45. The van der Waals surface area contributed by atoms with E-state index in [9.17, 15) is 0 Å². The predicted octanol–water partition coefficient (Wildman–Crippen LogP) is 3.33. The summed E-state index contributed by atoms with van der Waals surface area (Å²) < 4.78 is 2.54. The van der Waals surface area contributed by atoms with E-state index in [1.54, 1.807) is 16.8 Å². The molecule has 1 aromatic heterocycles. The van der Waals surface area contributed by atoms with Crippen molar-refractivity contribution in [1.82, 2.24) is 20.2 Å². The zero-order valence-electron chi connectivity index (χ0n) is 10.2. The maximum Gasteiger partial charge on any atom is 0.187 e. The van der Waals surface area contributed by atoms with E-state index in [4.69, 9.17) is 17.3 Å². The molecule has 0 radical (unpaired) electrons. The topological polar surface area (TPSA) is 69.6 Å². The summed E-state index contributed by atoms with van der Waals surface area (Å²) in [7, 11) is 0. The average Bonchev–Trinajstić information content (AvgIpc) is 2.91. The van der Waals surface area contributed by atoms with Gasteiger partial charge in [-0.2, -0.15) is 4.68 Å². The maximum atomic E-state index is 6.05. The molecule has 0 amide bonds. The van der Waals surface area contributed by atoms with Gasteiger partial charge < -0.3 is 5.73 Å². The summed E-state index contributed by atoms with van der Waals surface area (Å²) >= 11 is 9.54. The number of nitrogens with two attached hydrogens (primary N) is 1. The third kappa shape index (κ3) is 2.28. The van der Waals surface area contributed by atoms with Crippen molar-refractivity contribution >= 4 is 33.2 Å². The molecule has 0 saturated heterocycles. The van der Waals surface area contributed by atoms with Gasteiger partial charge in [0.25, 0.3) is 0 Å². The SMILES string of the molecule is Nc1ccc(-c2nnnn2-c2ccccc2Br)cc1Cl. The highest BCUT2D eigenvalue weighted by molar-refractivity contribution is 9.10. The van der Waals surface area contributed by atoms with Crippen LogP contribution in [0, 0.1) is 0 Å². The summed E-state index contributed by atoms with van der Waals surface area (Å²) in [5, 5.41) is 12.3. The molecule has 0 aliphatic heterocycles. The lowest BCUT2D eigenvalue weighted by molar-refractivity contribution is 0.789. The molecule has 5 nitrogen and oxygen atoms in total. The summed E-state index contributed by atoms with van der Waals surface area (Å²) in [6.45, 7) is 0. The zero-order chi connectivity index (χ0) is 14.1. The first-order valence-corrected chi connectivity index (χ1v) is 6.92.